The van der Waals surface area contributed by atoms with Gasteiger partial charge in [0.1, 0.15) is 11.5 Å². The number of hydrogen-bond donors (Lipinski definition) is 3. The molecule has 18 heavy (non-hydrogen) atoms. The fourth-order valence-corrected chi connectivity index (χ4v) is 1.35. The van der Waals surface area contributed by atoms with Crippen molar-refractivity contribution < 1.29 is 14.6 Å². The first-order valence-corrected chi connectivity index (χ1v) is 5.69. The van der Waals surface area contributed by atoms with Crippen LogP contribution < -0.4 is 15.8 Å². The number of nitrogens with two attached hydrogens (primary N) is 1. The van der Waals surface area contributed by atoms with Crippen LogP contribution in [0.4, 0.5) is 5.69 Å². The van der Waals surface area contributed by atoms with Crippen molar-refractivity contribution in [3.63, 3.8) is 0 Å². The third kappa shape index (κ3) is 3.37. The number of carbonyl (C=O) groups is 1. The van der Waals surface area contributed by atoms with Crippen LogP contribution in [-0.4, -0.2) is 24.2 Å². The lowest BCUT2D eigenvalue weighted by Crippen LogP contribution is -2.45. The van der Waals surface area contributed by atoms with Crippen molar-refractivity contribution in [3.05, 3.63) is 18.2 Å². The molecule has 5 nitrogen and oxygen atoms in total. The summed E-state index contributed by atoms with van der Waals surface area (Å²) in [5.41, 5.74) is 5.78. The number of benzene rings is 1. The zero-order valence-corrected chi connectivity index (χ0v) is 11.2. The van der Waals surface area contributed by atoms with E-state index in [1.165, 1.54) is 13.2 Å². The summed E-state index contributed by atoms with van der Waals surface area (Å²) in [6, 6.07) is 3.94. The van der Waals surface area contributed by atoms with E-state index in [0.717, 1.165) is 0 Å². The second kappa shape index (κ2) is 5.27. The van der Waals surface area contributed by atoms with Gasteiger partial charge in [-0.1, -0.05) is 20.8 Å². The van der Waals surface area contributed by atoms with Crippen LogP contribution in [0.25, 0.3) is 0 Å². The molecule has 1 atom stereocenters. The fourth-order valence-electron chi connectivity index (χ4n) is 1.35. The second-order valence-electron chi connectivity index (χ2n) is 5.22. The molecule has 1 amide bonds. The van der Waals surface area contributed by atoms with Gasteiger partial charge in [-0.2, -0.15) is 0 Å². The molecule has 0 saturated heterocycles. The van der Waals surface area contributed by atoms with Crippen LogP contribution in [0.1, 0.15) is 20.8 Å². The van der Waals surface area contributed by atoms with Crippen molar-refractivity contribution in [2.45, 2.75) is 26.8 Å². The summed E-state index contributed by atoms with van der Waals surface area (Å²) in [5.74, 6) is 0.184. The summed E-state index contributed by atoms with van der Waals surface area (Å²) in [7, 11) is 1.51. The lowest BCUT2D eigenvalue weighted by molar-refractivity contribution is -0.119. The highest BCUT2D eigenvalue weighted by atomic mass is 16.5. The number of aromatic hydroxyl groups is 1. The van der Waals surface area contributed by atoms with Crippen molar-refractivity contribution in [2.75, 3.05) is 12.4 Å². The summed E-state index contributed by atoms with van der Waals surface area (Å²) in [6.45, 7) is 5.63. The van der Waals surface area contributed by atoms with E-state index >= 15 is 0 Å². The van der Waals surface area contributed by atoms with Crippen molar-refractivity contribution >= 4 is 11.6 Å². The summed E-state index contributed by atoms with van der Waals surface area (Å²) in [4.78, 5) is 11.9. The van der Waals surface area contributed by atoms with Crippen LogP contribution in [-0.2, 0) is 4.79 Å². The lowest BCUT2D eigenvalue weighted by atomic mass is 9.87. The summed E-state index contributed by atoms with van der Waals surface area (Å²) in [5, 5.41) is 12.3. The Morgan fingerprint density at radius 1 is 1.44 bits per heavy atom. The number of nitrogens with one attached hydrogen (secondary N) is 1. The maximum absolute atomic E-state index is 11.9. The Balaban J connectivity index is 2.88. The maximum atomic E-state index is 11.9. The first-order chi connectivity index (χ1) is 8.25. The third-order valence-electron chi connectivity index (χ3n) is 2.68. The first kappa shape index (κ1) is 14.3. The van der Waals surface area contributed by atoms with Gasteiger partial charge < -0.3 is 20.9 Å². The molecule has 0 bridgehead atoms. The van der Waals surface area contributed by atoms with E-state index in [1.54, 1.807) is 12.1 Å². The highest BCUT2D eigenvalue weighted by Crippen LogP contribution is 2.28. The standard InChI is InChI=1S/C13H20N2O3/c1-13(2,3)11(14)12(17)15-9-7-8(18-4)5-6-10(9)16/h5-7,11,16H,14H2,1-4H3,(H,15,17)/t11-/m1/s1. The molecule has 1 rings (SSSR count). The van der Waals surface area contributed by atoms with Gasteiger partial charge in [-0.05, 0) is 17.5 Å². The molecule has 100 valence electrons. The van der Waals surface area contributed by atoms with Gasteiger partial charge in [-0.25, -0.2) is 0 Å². The smallest absolute Gasteiger partial charge is 0.241 e. The molecule has 0 aliphatic heterocycles. The molecule has 0 saturated carbocycles. The maximum Gasteiger partial charge on any atom is 0.241 e. The van der Waals surface area contributed by atoms with Crippen LogP contribution in [0, 0.1) is 5.41 Å². The van der Waals surface area contributed by atoms with E-state index in [9.17, 15) is 9.90 Å². The Bertz CT molecular complexity index is 438. The number of phenols is 1. The summed E-state index contributed by atoms with van der Waals surface area (Å²) < 4.78 is 5.03. The molecule has 0 heterocycles. The monoisotopic (exact) mass is 252 g/mol. The van der Waals surface area contributed by atoms with Crippen LogP contribution in [0.3, 0.4) is 0 Å². The molecule has 0 unspecified atom stereocenters. The Morgan fingerprint density at radius 2 is 2.06 bits per heavy atom. The van der Waals surface area contributed by atoms with E-state index in [0.29, 0.717) is 11.4 Å². The molecule has 1 aromatic rings. The van der Waals surface area contributed by atoms with Crippen molar-refractivity contribution in [3.8, 4) is 11.5 Å². The van der Waals surface area contributed by atoms with Gasteiger partial charge >= 0.3 is 0 Å². The largest absolute Gasteiger partial charge is 0.506 e. The Morgan fingerprint density at radius 3 is 2.56 bits per heavy atom. The number of methoxy groups -OCH3 is 1. The predicted octanol–water partition coefficient (Wildman–Crippen LogP) is 1.71. The number of ether oxygens (including phenoxy) is 1. The second-order valence-corrected chi connectivity index (χ2v) is 5.22. The van der Waals surface area contributed by atoms with Gasteiger partial charge in [-0.3, -0.25) is 4.79 Å². The first-order valence-electron chi connectivity index (χ1n) is 5.69. The van der Waals surface area contributed by atoms with Gasteiger partial charge in [0.15, 0.2) is 0 Å². The van der Waals surface area contributed by atoms with Crippen LogP contribution in [0.15, 0.2) is 18.2 Å². The van der Waals surface area contributed by atoms with Gasteiger partial charge in [0.05, 0.1) is 18.8 Å². The minimum Gasteiger partial charge on any atom is -0.506 e. The number of amides is 1. The molecule has 4 N–H and O–H groups in total. The topological polar surface area (TPSA) is 84.6 Å². The average Bonchev–Trinajstić information content (AvgIpc) is 2.29. The molecule has 0 fully saturated rings. The minimum atomic E-state index is -0.664. The van der Waals surface area contributed by atoms with Gasteiger partial charge in [0.2, 0.25) is 5.91 Å². The normalized spacial score (nSPS) is 12.9. The molecule has 0 aromatic heterocycles. The predicted molar refractivity (Wildman–Crippen MR) is 70.7 cm³/mol. The van der Waals surface area contributed by atoms with E-state index in [4.69, 9.17) is 10.5 Å². The quantitative estimate of drug-likeness (QED) is 0.715. The summed E-state index contributed by atoms with van der Waals surface area (Å²) >= 11 is 0. The zero-order valence-electron chi connectivity index (χ0n) is 11.2. The van der Waals surface area contributed by atoms with Crippen molar-refractivity contribution in [1.82, 2.24) is 0 Å². The van der Waals surface area contributed by atoms with Gasteiger partial charge in [-0.15, -0.1) is 0 Å². The van der Waals surface area contributed by atoms with Gasteiger partial charge in [0, 0.05) is 6.07 Å². The zero-order chi connectivity index (χ0) is 13.9. The Kier molecular flexibility index (Phi) is 4.19. The number of hydrogen-bond acceptors (Lipinski definition) is 4. The highest BCUT2D eigenvalue weighted by Gasteiger charge is 2.27. The number of phenolic OH excluding ortho intramolecular Hbond substituents is 1. The summed E-state index contributed by atoms with van der Waals surface area (Å²) in [6.07, 6.45) is 0. The molecule has 0 spiro atoms. The average molecular weight is 252 g/mol. The van der Waals surface area contributed by atoms with Gasteiger partial charge in [0.25, 0.3) is 0 Å². The minimum absolute atomic E-state index is 0.0229. The SMILES string of the molecule is COc1ccc(O)c(NC(=O)[C@@H](N)C(C)(C)C)c1. The highest BCUT2D eigenvalue weighted by molar-refractivity contribution is 5.96. The van der Waals surface area contributed by atoms with Crippen molar-refractivity contribution in [2.24, 2.45) is 11.1 Å². The number of rotatable bonds is 3. The van der Waals surface area contributed by atoms with E-state index in [-0.39, 0.29) is 17.1 Å². The molecule has 1 aromatic carbocycles. The lowest BCUT2D eigenvalue weighted by Gasteiger charge is -2.26. The molecule has 0 aliphatic carbocycles. The van der Waals surface area contributed by atoms with E-state index < -0.39 is 6.04 Å². The van der Waals surface area contributed by atoms with E-state index in [2.05, 4.69) is 5.32 Å². The molecule has 5 heteroatoms. The van der Waals surface area contributed by atoms with Crippen LogP contribution >= 0.6 is 0 Å². The fraction of sp³-hybridized carbons (Fsp3) is 0.462. The molecule has 0 radical (unpaired) electrons. The van der Waals surface area contributed by atoms with Crippen molar-refractivity contribution in [1.29, 1.82) is 0 Å². The number of anilines is 1. The molecular weight excluding hydrogens is 232 g/mol. The Labute approximate surface area is 107 Å². The van der Waals surface area contributed by atoms with Crippen LogP contribution in [0.5, 0.6) is 11.5 Å². The third-order valence-corrected chi connectivity index (χ3v) is 2.68. The molecule has 0 aliphatic rings. The number of carbonyl (C=O) groups excluding carboxylic acids is 1. The van der Waals surface area contributed by atoms with Crippen LogP contribution in [0.2, 0.25) is 0 Å². The van der Waals surface area contributed by atoms with E-state index in [1.807, 2.05) is 20.8 Å². The molecular formula is C13H20N2O3. The Hall–Kier alpha value is -1.75.